The van der Waals surface area contributed by atoms with Crippen LogP contribution in [0.5, 0.6) is 0 Å². The average molecular weight is 288 g/mol. The lowest BCUT2D eigenvalue weighted by molar-refractivity contribution is 0.570. The SMILES string of the molecule is CC(C)(C)C#CC=CC#CC=CC#CC=CC#CC(C)(C)C. The van der Waals surface area contributed by atoms with Gasteiger partial charge in [0.05, 0.1) is 0 Å². The minimum absolute atomic E-state index is 0.0258. The Morgan fingerprint density at radius 1 is 0.409 bits per heavy atom. The molecule has 0 bridgehead atoms. The van der Waals surface area contributed by atoms with Crippen molar-refractivity contribution in [3.63, 3.8) is 0 Å². The lowest BCUT2D eigenvalue weighted by Gasteiger charge is -2.05. The van der Waals surface area contributed by atoms with Crippen LogP contribution < -0.4 is 0 Å². The molecule has 0 saturated carbocycles. The lowest BCUT2D eigenvalue weighted by Crippen LogP contribution is -1.98. The maximum absolute atomic E-state index is 3.10. The molecule has 0 aliphatic heterocycles. The number of rotatable bonds is 0. The molecule has 0 heterocycles. The summed E-state index contributed by atoms with van der Waals surface area (Å²) < 4.78 is 0. The second-order valence-electron chi connectivity index (χ2n) is 6.62. The third-order valence-corrected chi connectivity index (χ3v) is 1.81. The fourth-order valence-electron chi connectivity index (χ4n) is 0.959. The summed E-state index contributed by atoms with van der Waals surface area (Å²) in [6, 6.07) is 0. The van der Waals surface area contributed by atoms with E-state index in [-0.39, 0.29) is 10.8 Å². The van der Waals surface area contributed by atoms with Crippen molar-refractivity contribution in [2.24, 2.45) is 10.8 Å². The first-order chi connectivity index (χ1) is 10.2. The van der Waals surface area contributed by atoms with Crippen LogP contribution >= 0.6 is 0 Å². The Bertz CT molecular complexity index is 603. The van der Waals surface area contributed by atoms with Gasteiger partial charge in [-0.05, 0) is 78.0 Å². The third kappa shape index (κ3) is 17.5. The molecular formula is C22H24. The molecular weight excluding hydrogens is 264 g/mol. The van der Waals surface area contributed by atoms with Crippen molar-refractivity contribution in [1.29, 1.82) is 0 Å². The van der Waals surface area contributed by atoms with E-state index in [1.807, 2.05) is 0 Å². The van der Waals surface area contributed by atoms with Crippen molar-refractivity contribution >= 4 is 0 Å². The zero-order valence-corrected chi connectivity index (χ0v) is 14.5. The van der Waals surface area contributed by atoms with Crippen LogP contribution in [0.2, 0.25) is 0 Å². The minimum atomic E-state index is 0.0258. The lowest BCUT2D eigenvalue weighted by atomic mass is 9.98. The van der Waals surface area contributed by atoms with Gasteiger partial charge in [-0.3, -0.25) is 0 Å². The first-order valence-corrected chi connectivity index (χ1v) is 7.23. The van der Waals surface area contributed by atoms with E-state index in [4.69, 9.17) is 0 Å². The van der Waals surface area contributed by atoms with E-state index in [2.05, 4.69) is 88.9 Å². The Hall–Kier alpha value is -2.54. The summed E-state index contributed by atoms with van der Waals surface area (Å²) in [5, 5.41) is 0. The predicted molar refractivity (Wildman–Crippen MR) is 97.4 cm³/mol. The van der Waals surface area contributed by atoms with Crippen molar-refractivity contribution < 1.29 is 0 Å². The largest absolute Gasteiger partial charge is 0.0926 e. The van der Waals surface area contributed by atoms with E-state index < -0.39 is 0 Å². The van der Waals surface area contributed by atoms with Gasteiger partial charge in [0.1, 0.15) is 0 Å². The van der Waals surface area contributed by atoms with Crippen LogP contribution in [0.15, 0.2) is 36.5 Å². The van der Waals surface area contributed by atoms with Crippen LogP contribution in [0, 0.1) is 58.2 Å². The van der Waals surface area contributed by atoms with Gasteiger partial charge < -0.3 is 0 Å². The van der Waals surface area contributed by atoms with E-state index in [0.717, 1.165) is 0 Å². The Balaban J connectivity index is 4.23. The number of allylic oxidation sites excluding steroid dienone is 6. The van der Waals surface area contributed by atoms with Gasteiger partial charge in [-0.15, -0.1) is 0 Å². The van der Waals surface area contributed by atoms with Crippen molar-refractivity contribution in [2.75, 3.05) is 0 Å². The molecule has 0 unspecified atom stereocenters. The third-order valence-electron chi connectivity index (χ3n) is 1.81. The molecule has 0 amide bonds. The molecule has 0 spiro atoms. The number of hydrogen-bond donors (Lipinski definition) is 0. The van der Waals surface area contributed by atoms with Crippen molar-refractivity contribution in [1.82, 2.24) is 0 Å². The highest BCUT2D eigenvalue weighted by molar-refractivity contribution is 5.34. The second kappa shape index (κ2) is 10.2. The highest BCUT2D eigenvalue weighted by atomic mass is 14.1. The van der Waals surface area contributed by atoms with Crippen molar-refractivity contribution in [2.45, 2.75) is 41.5 Å². The maximum Gasteiger partial charge on any atom is 0.0233 e. The van der Waals surface area contributed by atoms with E-state index >= 15 is 0 Å². The van der Waals surface area contributed by atoms with Crippen LogP contribution in [0.1, 0.15) is 41.5 Å². The Morgan fingerprint density at radius 2 is 0.636 bits per heavy atom. The molecule has 0 N–H and O–H groups in total. The van der Waals surface area contributed by atoms with E-state index in [1.165, 1.54) is 0 Å². The Kier molecular flexibility index (Phi) is 9.04. The van der Waals surface area contributed by atoms with Gasteiger partial charge in [0.15, 0.2) is 0 Å². The highest BCUT2D eigenvalue weighted by Gasteiger charge is 2.02. The Morgan fingerprint density at radius 3 is 0.864 bits per heavy atom. The van der Waals surface area contributed by atoms with E-state index in [9.17, 15) is 0 Å². The van der Waals surface area contributed by atoms with E-state index in [1.54, 1.807) is 36.5 Å². The van der Waals surface area contributed by atoms with Gasteiger partial charge in [-0.25, -0.2) is 0 Å². The van der Waals surface area contributed by atoms with Crippen LogP contribution in [-0.2, 0) is 0 Å². The van der Waals surface area contributed by atoms with Crippen LogP contribution in [0.25, 0.3) is 0 Å². The zero-order valence-electron chi connectivity index (χ0n) is 14.5. The summed E-state index contributed by atoms with van der Waals surface area (Å²) in [7, 11) is 0. The summed E-state index contributed by atoms with van der Waals surface area (Å²) in [6.07, 6.45) is 10.4. The molecule has 0 aromatic rings. The van der Waals surface area contributed by atoms with E-state index in [0.29, 0.717) is 0 Å². The van der Waals surface area contributed by atoms with Gasteiger partial charge in [0.25, 0.3) is 0 Å². The van der Waals surface area contributed by atoms with Gasteiger partial charge in [0.2, 0.25) is 0 Å². The maximum atomic E-state index is 3.10. The first kappa shape index (κ1) is 19.5. The Labute approximate surface area is 136 Å². The van der Waals surface area contributed by atoms with Gasteiger partial charge in [-0.1, -0.05) is 47.4 Å². The van der Waals surface area contributed by atoms with Crippen LogP contribution in [0.4, 0.5) is 0 Å². The summed E-state index contributed by atoms with van der Waals surface area (Å²) in [5.41, 5.74) is 0.0517. The monoisotopic (exact) mass is 288 g/mol. The molecule has 0 nitrogen and oxygen atoms in total. The zero-order chi connectivity index (χ0) is 16.9. The summed E-state index contributed by atoms with van der Waals surface area (Å²) in [4.78, 5) is 0. The molecule has 0 atom stereocenters. The molecule has 0 radical (unpaired) electrons. The smallest absolute Gasteiger partial charge is 0.0233 e. The fraction of sp³-hybridized carbons (Fsp3) is 0.364. The molecule has 0 rings (SSSR count). The van der Waals surface area contributed by atoms with Crippen molar-refractivity contribution in [3.05, 3.63) is 36.5 Å². The molecule has 0 aliphatic rings. The first-order valence-electron chi connectivity index (χ1n) is 7.23. The van der Waals surface area contributed by atoms with Gasteiger partial charge >= 0.3 is 0 Å². The molecule has 0 fully saturated rings. The number of hydrogen-bond acceptors (Lipinski definition) is 0. The molecule has 0 heteroatoms. The average Bonchev–Trinajstić information content (AvgIpc) is 2.36. The summed E-state index contributed by atoms with van der Waals surface area (Å²) in [5.74, 6) is 23.6. The standard InChI is InChI=1S/C22H24/c1-21(2,3)19-17-15-13-11-9-7-8-10-12-14-16-18-20-22(4,5)6/h7-8,13-16H,1-6H3. The van der Waals surface area contributed by atoms with Gasteiger partial charge in [0, 0.05) is 10.8 Å². The topological polar surface area (TPSA) is 0 Å². The highest BCUT2D eigenvalue weighted by Crippen LogP contribution is 2.09. The molecule has 112 valence electrons. The summed E-state index contributed by atoms with van der Waals surface area (Å²) >= 11 is 0. The normalized spacial score (nSPS) is 11.0. The van der Waals surface area contributed by atoms with Crippen molar-refractivity contribution in [3.8, 4) is 47.4 Å². The van der Waals surface area contributed by atoms with Gasteiger partial charge in [-0.2, -0.15) is 0 Å². The second-order valence-corrected chi connectivity index (χ2v) is 6.62. The minimum Gasteiger partial charge on any atom is -0.0926 e. The molecule has 0 aliphatic carbocycles. The molecule has 0 aromatic carbocycles. The molecule has 0 aromatic heterocycles. The molecule has 0 saturated heterocycles. The molecule has 22 heavy (non-hydrogen) atoms. The summed E-state index contributed by atoms with van der Waals surface area (Å²) in [6.45, 7) is 12.4. The quantitative estimate of drug-likeness (QED) is 0.564. The predicted octanol–water partition coefficient (Wildman–Crippen LogP) is 4.76. The van der Waals surface area contributed by atoms with Crippen LogP contribution in [-0.4, -0.2) is 0 Å². The fourth-order valence-corrected chi connectivity index (χ4v) is 0.959. The van der Waals surface area contributed by atoms with Crippen LogP contribution in [0.3, 0.4) is 0 Å².